The normalized spacial score (nSPS) is 30.8. The zero-order valence-corrected chi connectivity index (χ0v) is 35.6. The molecular weight excluding hydrogens is 793 g/mol. The van der Waals surface area contributed by atoms with Crippen molar-refractivity contribution < 1.29 is 53.0 Å². The van der Waals surface area contributed by atoms with Crippen molar-refractivity contribution in [2.24, 2.45) is 0 Å². The smallest absolute Gasteiger partial charge is 0.507 e. The number of nitrogens with one attached hydrogen (secondary N) is 1. The molecule has 3 aromatic carbocycles. The maximum atomic E-state index is 15.1. The van der Waals surface area contributed by atoms with Gasteiger partial charge in [0.05, 0.1) is 37.1 Å². The molecule has 11 rings (SSSR count). The van der Waals surface area contributed by atoms with Crippen LogP contribution in [-0.2, 0) is 38.2 Å². The van der Waals surface area contributed by atoms with Crippen molar-refractivity contribution in [3.63, 3.8) is 0 Å². The molecule has 2 spiro atoms. The van der Waals surface area contributed by atoms with E-state index in [0.717, 1.165) is 16.7 Å². The number of hydrogen-bond acceptors (Lipinski definition) is 16. The fraction of sp³-hybridized carbons (Fsp3) is 0.523. The quantitative estimate of drug-likeness (QED) is 0.228. The number of methoxy groups -OCH3 is 2. The Morgan fingerprint density at radius 3 is 2.53 bits per heavy atom. The highest BCUT2D eigenvalue weighted by Gasteiger charge is 2.75. The van der Waals surface area contributed by atoms with Crippen LogP contribution in [0.5, 0.6) is 40.2 Å². The van der Waals surface area contributed by atoms with E-state index in [1.807, 2.05) is 14.0 Å². The van der Waals surface area contributed by atoms with Crippen molar-refractivity contribution in [3.05, 3.63) is 62.7 Å². The summed E-state index contributed by atoms with van der Waals surface area (Å²) in [7, 11) is 5.01. The Balaban J connectivity index is 1.18. The fourth-order valence-electron chi connectivity index (χ4n) is 11.1. The molecule has 2 saturated heterocycles. The van der Waals surface area contributed by atoms with Gasteiger partial charge in [0.1, 0.15) is 23.5 Å². The van der Waals surface area contributed by atoms with Crippen molar-refractivity contribution in [1.29, 1.82) is 5.26 Å². The number of piperazine rings is 1. The number of rotatable bonds is 3. The van der Waals surface area contributed by atoms with E-state index in [0.29, 0.717) is 70.9 Å². The molecule has 1 aliphatic carbocycles. The second kappa shape index (κ2) is 13.2. The van der Waals surface area contributed by atoms with Crippen molar-refractivity contribution in [1.82, 2.24) is 15.1 Å². The highest BCUT2D eigenvalue weighted by Crippen LogP contribution is 2.72. The standard InChI is InChI=1S/C44H48N4O11S/c1-19-11-22-12-24-25(16-45)48-33(32(47(24)6)29(22)35(50)36(19)54-8)39-30-31(38-37(55-18-56-38)20(2)34(30)49)44(48)15-28(44)58-40(51)43(17-60-39)23-14-26(53-7)27(13-21(23)9-10-46-43)57-41(52)59-42(3,4)5/h11,13-14,24-25,28,32-33,39,46,49-50H,9-10,12,15,17-18H2,1-8H3/t24-,25-,28+,32+,33?,39+,43+,44?/m0/s1. The second-order valence-corrected chi connectivity index (χ2v) is 19.0. The average molecular weight is 841 g/mol. The number of nitrogens with zero attached hydrogens (tertiary/aromatic N) is 3. The van der Waals surface area contributed by atoms with Crippen LogP contribution >= 0.6 is 11.8 Å². The van der Waals surface area contributed by atoms with Crippen molar-refractivity contribution >= 4 is 23.9 Å². The summed E-state index contributed by atoms with van der Waals surface area (Å²) in [6.07, 6.45) is -0.309. The first-order valence-corrected chi connectivity index (χ1v) is 21.3. The van der Waals surface area contributed by atoms with E-state index in [1.54, 1.807) is 46.9 Å². The van der Waals surface area contributed by atoms with Gasteiger partial charge in [-0.2, -0.15) is 5.26 Å². The summed E-state index contributed by atoms with van der Waals surface area (Å²) < 4.78 is 41.7. The van der Waals surface area contributed by atoms with Crippen molar-refractivity contribution in [2.45, 2.75) is 106 Å². The Bertz CT molecular complexity index is 2450. The van der Waals surface area contributed by atoms with Crippen LogP contribution in [0, 0.1) is 25.2 Å². The zero-order chi connectivity index (χ0) is 42.4. The molecule has 7 aliphatic heterocycles. The van der Waals surface area contributed by atoms with Gasteiger partial charge in [-0.3, -0.25) is 15.1 Å². The minimum Gasteiger partial charge on any atom is -0.507 e. The van der Waals surface area contributed by atoms with E-state index in [4.69, 9.17) is 33.2 Å². The van der Waals surface area contributed by atoms with Gasteiger partial charge in [-0.15, -0.1) is 11.8 Å². The Morgan fingerprint density at radius 2 is 1.82 bits per heavy atom. The molecule has 4 bridgehead atoms. The van der Waals surface area contributed by atoms with E-state index in [-0.39, 0.29) is 41.6 Å². The number of esters is 1. The maximum Gasteiger partial charge on any atom is 0.514 e. The number of nitriles is 1. The number of phenols is 2. The fourth-order valence-corrected chi connectivity index (χ4v) is 12.8. The molecule has 15 nitrogen and oxygen atoms in total. The molecule has 16 heteroatoms. The van der Waals surface area contributed by atoms with Gasteiger partial charge >= 0.3 is 12.1 Å². The molecule has 8 aliphatic rings. The number of hydrogen-bond donors (Lipinski definition) is 3. The van der Waals surface area contributed by atoms with Gasteiger partial charge in [0, 0.05) is 53.1 Å². The molecule has 8 atom stereocenters. The monoisotopic (exact) mass is 840 g/mol. The van der Waals surface area contributed by atoms with Crippen molar-refractivity contribution in [2.75, 3.05) is 40.4 Å². The molecule has 1 saturated carbocycles. The zero-order valence-electron chi connectivity index (χ0n) is 34.8. The number of aryl methyl sites for hydroxylation is 1. The molecule has 316 valence electrons. The molecular formula is C44H48N4O11S. The summed E-state index contributed by atoms with van der Waals surface area (Å²) >= 11 is 1.48. The van der Waals surface area contributed by atoms with Crippen LogP contribution in [0.25, 0.3) is 0 Å². The highest BCUT2D eigenvalue weighted by molar-refractivity contribution is 7.99. The van der Waals surface area contributed by atoms with Gasteiger partial charge in [-0.1, -0.05) is 6.07 Å². The van der Waals surface area contributed by atoms with Crippen LogP contribution in [0.2, 0.25) is 0 Å². The molecule has 7 heterocycles. The van der Waals surface area contributed by atoms with Gasteiger partial charge in [-0.05, 0) is 88.9 Å². The molecule has 3 aromatic rings. The van der Waals surface area contributed by atoms with Crippen LogP contribution in [0.3, 0.4) is 0 Å². The Hall–Kier alpha value is -5.08. The SMILES string of the molecule is COc1cc2c(cc1OC(=O)OC(C)(C)C)CCN[C@]21CS[C@@H]2c3c(O)c(C)c4c(c3C3(C[C@H]3OC1=O)N1C2[C@H]2c3c(cc(C)c(OC)c3O)C[C@@H]([C@@H]1C#N)N2C)OCO4. The first kappa shape index (κ1) is 39.1. The van der Waals surface area contributed by atoms with Gasteiger partial charge in [0.2, 0.25) is 6.79 Å². The van der Waals surface area contributed by atoms with E-state index in [1.165, 1.54) is 18.9 Å². The minimum atomic E-state index is -1.41. The van der Waals surface area contributed by atoms with E-state index < -0.39 is 58.3 Å². The van der Waals surface area contributed by atoms with Crippen LogP contribution in [-0.4, -0.2) is 102 Å². The summed E-state index contributed by atoms with van der Waals surface area (Å²) in [5.74, 6) is 1.44. The first-order valence-electron chi connectivity index (χ1n) is 20.2. The largest absolute Gasteiger partial charge is 0.514 e. The molecule has 60 heavy (non-hydrogen) atoms. The number of carbonyl (C=O) groups excluding carboxylic acids is 2. The van der Waals surface area contributed by atoms with Crippen LogP contribution < -0.4 is 29.0 Å². The second-order valence-electron chi connectivity index (χ2n) is 17.9. The lowest BCUT2D eigenvalue weighted by atomic mass is 9.70. The number of thioether (sulfide) groups is 1. The predicted molar refractivity (Wildman–Crippen MR) is 216 cm³/mol. The van der Waals surface area contributed by atoms with Gasteiger partial charge in [0.25, 0.3) is 0 Å². The maximum absolute atomic E-state index is 15.1. The molecule has 0 amide bonds. The Kier molecular flexibility index (Phi) is 8.60. The number of benzene rings is 3. The lowest BCUT2D eigenvalue weighted by molar-refractivity contribution is -0.158. The molecule has 3 fully saturated rings. The summed E-state index contributed by atoms with van der Waals surface area (Å²) in [5, 5.41) is 38.8. The van der Waals surface area contributed by atoms with Crippen LogP contribution in [0.1, 0.15) is 83.0 Å². The third kappa shape index (κ3) is 5.18. The third-order valence-corrected chi connectivity index (χ3v) is 15.1. The van der Waals surface area contributed by atoms with E-state index in [9.17, 15) is 20.3 Å². The first-order chi connectivity index (χ1) is 28.6. The Morgan fingerprint density at radius 1 is 1.05 bits per heavy atom. The molecule has 3 N–H and O–H groups in total. The highest BCUT2D eigenvalue weighted by atomic mass is 32.2. The predicted octanol–water partition coefficient (Wildman–Crippen LogP) is 5.30. The van der Waals surface area contributed by atoms with Crippen LogP contribution in [0.4, 0.5) is 4.79 Å². The number of fused-ring (bicyclic) bond motifs is 8. The summed E-state index contributed by atoms with van der Waals surface area (Å²) in [6, 6.07) is 6.22. The number of phenolic OH excluding ortho intramolecular Hbond substituents is 2. The molecule has 0 radical (unpaired) electrons. The van der Waals surface area contributed by atoms with Crippen molar-refractivity contribution in [3.8, 4) is 46.3 Å². The topological polar surface area (TPSA) is 182 Å². The number of ether oxygens (including phenoxy) is 7. The summed E-state index contributed by atoms with van der Waals surface area (Å²) in [4.78, 5) is 32.4. The minimum absolute atomic E-state index is 0.0465. The number of carbonyl (C=O) groups is 2. The lowest BCUT2D eigenvalue weighted by Gasteiger charge is -2.62. The number of likely N-dealkylation sites (N-methyl/N-ethyl adjacent to an activating group) is 1. The number of aromatic hydroxyl groups is 2. The Labute approximate surface area is 351 Å². The van der Waals surface area contributed by atoms with Gasteiger partial charge in [0.15, 0.2) is 40.0 Å². The van der Waals surface area contributed by atoms with Crippen LogP contribution in [0.15, 0.2) is 18.2 Å². The van der Waals surface area contributed by atoms with Gasteiger partial charge < -0.3 is 43.4 Å². The molecule has 0 aromatic heterocycles. The lowest BCUT2D eigenvalue weighted by Crippen LogP contribution is -2.71. The average Bonchev–Trinajstić information content (AvgIpc) is 3.64. The van der Waals surface area contributed by atoms with Gasteiger partial charge in [-0.25, -0.2) is 9.59 Å². The van der Waals surface area contributed by atoms with E-state index >= 15 is 4.79 Å². The third-order valence-electron chi connectivity index (χ3n) is 13.6. The summed E-state index contributed by atoms with van der Waals surface area (Å²) in [5.41, 5.74) is 2.40. The van der Waals surface area contributed by atoms with E-state index in [2.05, 4.69) is 27.3 Å². The molecule has 2 unspecified atom stereocenters. The summed E-state index contributed by atoms with van der Waals surface area (Å²) in [6.45, 7) is 9.31.